The van der Waals surface area contributed by atoms with E-state index < -0.39 is 0 Å². The summed E-state index contributed by atoms with van der Waals surface area (Å²) in [5.41, 5.74) is 3.68. The lowest BCUT2D eigenvalue weighted by Gasteiger charge is -2.09. The predicted molar refractivity (Wildman–Crippen MR) is 103 cm³/mol. The van der Waals surface area contributed by atoms with Crippen LogP contribution in [0.3, 0.4) is 0 Å². The van der Waals surface area contributed by atoms with Crippen molar-refractivity contribution in [1.29, 1.82) is 0 Å². The molecule has 3 heteroatoms. The number of rotatable bonds is 4. The summed E-state index contributed by atoms with van der Waals surface area (Å²) in [6.07, 6.45) is 1.65. The SMILES string of the molecule is O=C(C=C(c1ccccc1)c1ccccc1)Nc1ccc(Br)cc1. The molecule has 3 aromatic rings. The van der Waals surface area contributed by atoms with Gasteiger partial charge in [0, 0.05) is 16.2 Å². The van der Waals surface area contributed by atoms with Crippen LogP contribution in [0, 0.1) is 0 Å². The molecule has 1 amide bonds. The van der Waals surface area contributed by atoms with Crippen LogP contribution in [0.1, 0.15) is 11.1 Å². The second kappa shape index (κ2) is 7.75. The number of halogens is 1. The average molecular weight is 378 g/mol. The van der Waals surface area contributed by atoms with E-state index in [4.69, 9.17) is 0 Å². The molecule has 0 fully saturated rings. The molecule has 0 aliphatic carbocycles. The molecule has 2 nitrogen and oxygen atoms in total. The van der Waals surface area contributed by atoms with Gasteiger partial charge in [0.2, 0.25) is 5.91 Å². The van der Waals surface area contributed by atoms with Gasteiger partial charge >= 0.3 is 0 Å². The Labute approximate surface area is 150 Å². The van der Waals surface area contributed by atoms with Gasteiger partial charge in [0.15, 0.2) is 0 Å². The minimum atomic E-state index is -0.153. The summed E-state index contributed by atoms with van der Waals surface area (Å²) in [5.74, 6) is -0.153. The van der Waals surface area contributed by atoms with Gasteiger partial charge in [-0.2, -0.15) is 0 Å². The van der Waals surface area contributed by atoms with Crippen molar-refractivity contribution in [3.8, 4) is 0 Å². The maximum atomic E-state index is 12.5. The highest BCUT2D eigenvalue weighted by Crippen LogP contribution is 2.23. The number of hydrogen-bond acceptors (Lipinski definition) is 1. The third-order valence-electron chi connectivity index (χ3n) is 3.56. The molecular formula is C21H16BrNO. The first kappa shape index (κ1) is 16.2. The molecule has 3 rings (SSSR count). The molecule has 0 aromatic heterocycles. The Balaban J connectivity index is 1.91. The minimum absolute atomic E-state index is 0.153. The molecule has 0 saturated carbocycles. The summed E-state index contributed by atoms with van der Waals surface area (Å²) in [7, 11) is 0. The fourth-order valence-electron chi connectivity index (χ4n) is 2.41. The van der Waals surface area contributed by atoms with E-state index >= 15 is 0 Å². The van der Waals surface area contributed by atoms with E-state index in [1.54, 1.807) is 6.08 Å². The number of carbonyl (C=O) groups excluding carboxylic acids is 1. The van der Waals surface area contributed by atoms with Gasteiger partial charge in [0.05, 0.1) is 0 Å². The van der Waals surface area contributed by atoms with Crippen molar-refractivity contribution in [3.05, 3.63) is 107 Å². The van der Waals surface area contributed by atoms with Crippen LogP contribution in [0.25, 0.3) is 5.57 Å². The number of amides is 1. The number of nitrogens with one attached hydrogen (secondary N) is 1. The van der Waals surface area contributed by atoms with Crippen LogP contribution in [-0.2, 0) is 4.79 Å². The third kappa shape index (κ3) is 4.21. The van der Waals surface area contributed by atoms with E-state index in [2.05, 4.69) is 21.2 Å². The van der Waals surface area contributed by atoms with Crippen LogP contribution < -0.4 is 5.32 Å². The summed E-state index contributed by atoms with van der Waals surface area (Å²) in [6, 6.07) is 27.4. The molecule has 0 aliphatic rings. The minimum Gasteiger partial charge on any atom is -0.322 e. The number of benzene rings is 3. The van der Waals surface area contributed by atoms with E-state index in [-0.39, 0.29) is 5.91 Å². The lowest BCUT2D eigenvalue weighted by molar-refractivity contribution is -0.111. The second-order valence-corrected chi connectivity index (χ2v) is 6.20. The Morgan fingerprint density at radius 2 is 1.25 bits per heavy atom. The predicted octanol–water partition coefficient (Wildman–Crippen LogP) is 5.52. The highest BCUT2D eigenvalue weighted by atomic mass is 79.9. The van der Waals surface area contributed by atoms with Gasteiger partial charge in [-0.1, -0.05) is 76.6 Å². The van der Waals surface area contributed by atoms with Crippen LogP contribution >= 0.6 is 15.9 Å². The first-order valence-electron chi connectivity index (χ1n) is 7.61. The number of anilines is 1. The lowest BCUT2D eigenvalue weighted by Crippen LogP contribution is -2.09. The van der Waals surface area contributed by atoms with Crippen molar-refractivity contribution in [2.24, 2.45) is 0 Å². The van der Waals surface area contributed by atoms with Crippen LogP contribution in [0.2, 0.25) is 0 Å². The van der Waals surface area contributed by atoms with Crippen LogP contribution in [-0.4, -0.2) is 5.91 Å². The van der Waals surface area contributed by atoms with Gasteiger partial charge in [-0.25, -0.2) is 0 Å². The second-order valence-electron chi connectivity index (χ2n) is 5.29. The molecule has 1 N–H and O–H groups in total. The van der Waals surface area contributed by atoms with Gasteiger partial charge in [0.25, 0.3) is 0 Å². The van der Waals surface area contributed by atoms with Crippen LogP contribution in [0.5, 0.6) is 0 Å². The Kier molecular flexibility index (Phi) is 5.24. The Hall–Kier alpha value is -2.65. The molecule has 3 aromatic carbocycles. The Morgan fingerprint density at radius 3 is 1.75 bits per heavy atom. The van der Waals surface area contributed by atoms with Crippen molar-refractivity contribution < 1.29 is 4.79 Å². The van der Waals surface area contributed by atoms with Crippen molar-refractivity contribution >= 4 is 33.1 Å². The fraction of sp³-hybridized carbons (Fsp3) is 0. The molecule has 118 valence electrons. The first-order valence-corrected chi connectivity index (χ1v) is 8.41. The van der Waals surface area contributed by atoms with Crippen LogP contribution in [0.4, 0.5) is 5.69 Å². The zero-order chi connectivity index (χ0) is 16.8. The van der Waals surface area contributed by atoms with E-state index in [0.717, 1.165) is 26.9 Å². The highest BCUT2D eigenvalue weighted by molar-refractivity contribution is 9.10. The maximum Gasteiger partial charge on any atom is 0.249 e. The van der Waals surface area contributed by atoms with Gasteiger partial charge < -0.3 is 5.32 Å². The third-order valence-corrected chi connectivity index (χ3v) is 4.09. The largest absolute Gasteiger partial charge is 0.322 e. The van der Waals surface area contributed by atoms with Crippen molar-refractivity contribution in [3.63, 3.8) is 0 Å². The van der Waals surface area contributed by atoms with Crippen molar-refractivity contribution in [1.82, 2.24) is 0 Å². The van der Waals surface area contributed by atoms with E-state index in [9.17, 15) is 4.79 Å². The molecule has 0 spiro atoms. The maximum absolute atomic E-state index is 12.5. The fourth-order valence-corrected chi connectivity index (χ4v) is 2.68. The smallest absolute Gasteiger partial charge is 0.249 e. The summed E-state index contributed by atoms with van der Waals surface area (Å²) in [6.45, 7) is 0. The summed E-state index contributed by atoms with van der Waals surface area (Å²) in [5, 5.41) is 2.90. The molecule has 0 saturated heterocycles. The summed E-state index contributed by atoms with van der Waals surface area (Å²) in [4.78, 5) is 12.5. The Bertz CT molecular complexity index is 799. The zero-order valence-corrected chi connectivity index (χ0v) is 14.5. The molecule has 0 unspecified atom stereocenters. The topological polar surface area (TPSA) is 29.1 Å². The first-order chi connectivity index (χ1) is 11.7. The number of hydrogen-bond donors (Lipinski definition) is 1. The molecule has 0 atom stereocenters. The summed E-state index contributed by atoms with van der Waals surface area (Å²) >= 11 is 3.39. The summed E-state index contributed by atoms with van der Waals surface area (Å²) < 4.78 is 0.977. The molecule has 0 radical (unpaired) electrons. The quantitative estimate of drug-likeness (QED) is 0.595. The zero-order valence-electron chi connectivity index (χ0n) is 12.9. The highest BCUT2D eigenvalue weighted by Gasteiger charge is 2.07. The Morgan fingerprint density at radius 1 is 0.750 bits per heavy atom. The van der Waals surface area contributed by atoms with Crippen LogP contribution in [0.15, 0.2) is 95.5 Å². The lowest BCUT2D eigenvalue weighted by atomic mass is 9.97. The van der Waals surface area contributed by atoms with E-state index in [1.165, 1.54) is 0 Å². The normalized spacial score (nSPS) is 10.0. The van der Waals surface area contributed by atoms with Gasteiger partial charge in [0.1, 0.15) is 0 Å². The van der Waals surface area contributed by atoms with Gasteiger partial charge in [-0.3, -0.25) is 4.79 Å². The monoisotopic (exact) mass is 377 g/mol. The van der Waals surface area contributed by atoms with Gasteiger partial charge in [-0.15, -0.1) is 0 Å². The van der Waals surface area contributed by atoms with E-state index in [1.807, 2.05) is 84.9 Å². The molecular weight excluding hydrogens is 362 g/mol. The van der Waals surface area contributed by atoms with Crippen molar-refractivity contribution in [2.75, 3.05) is 5.32 Å². The van der Waals surface area contributed by atoms with Gasteiger partial charge in [-0.05, 0) is 41.0 Å². The van der Waals surface area contributed by atoms with Crippen molar-refractivity contribution in [2.45, 2.75) is 0 Å². The molecule has 0 aliphatic heterocycles. The standard InChI is InChI=1S/C21H16BrNO/c22-18-11-13-19(14-12-18)23-21(24)15-20(16-7-3-1-4-8-16)17-9-5-2-6-10-17/h1-15H,(H,23,24). The number of carbonyl (C=O) groups is 1. The molecule has 24 heavy (non-hydrogen) atoms. The molecule has 0 bridgehead atoms. The van der Waals surface area contributed by atoms with E-state index in [0.29, 0.717) is 0 Å². The molecule has 0 heterocycles. The average Bonchev–Trinajstić information content (AvgIpc) is 2.63.